The molecule has 25 heavy (non-hydrogen) atoms. The maximum atomic E-state index is 6.15. The van der Waals surface area contributed by atoms with E-state index in [2.05, 4.69) is 15.7 Å². The topological polar surface area (TPSA) is 60.3 Å². The zero-order valence-electron chi connectivity index (χ0n) is 14.9. The van der Waals surface area contributed by atoms with E-state index in [-0.39, 0.29) is 0 Å². The van der Waals surface area contributed by atoms with Gasteiger partial charge in [0.1, 0.15) is 11.5 Å². The highest BCUT2D eigenvalue weighted by Gasteiger charge is 2.08. The molecule has 1 heterocycles. The Morgan fingerprint density at radius 2 is 1.84 bits per heavy atom. The lowest BCUT2D eigenvalue weighted by molar-refractivity contribution is 0.395. The molecule has 0 spiro atoms. The van der Waals surface area contributed by atoms with E-state index in [1.165, 1.54) is 0 Å². The third kappa shape index (κ3) is 5.24. The first kappa shape index (κ1) is 19.3. The third-order valence-electron chi connectivity index (χ3n) is 3.73. The molecule has 2 aromatic rings. The Bertz CT molecular complexity index is 726. The summed E-state index contributed by atoms with van der Waals surface area (Å²) in [5.74, 6) is 1.40. The summed E-state index contributed by atoms with van der Waals surface area (Å²) in [6.45, 7) is 5.38. The highest BCUT2D eigenvalue weighted by molar-refractivity contribution is 7.80. The third-order valence-corrected chi connectivity index (χ3v) is 4.53. The number of methoxy groups -OCH3 is 2. The number of ether oxygens (including phenoxy) is 2. The van der Waals surface area contributed by atoms with Crippen molar-refractivity contribution in [1.82, 2.24) is 15.1 Å². The zero-order valence-corrected chi connectivity index (χ0v) is 16.4. The molecule has 2 N–H and O–H groups in total. The first-order chi connectivity index (χ1) is 11.9. The summed E-state index contributed by atoms with van der Waals surface area (Å²) in [4.78, 5) is 0. The molecule has 0 atom stereocenters. The molecule has 0 aliphatic carbocycles. The number of benzene rings is 1. The lowest BCUT2D eigenvalue weighted by atomic mass is 10.3. The molecule has 6 nitrogen and oxygen atoms in total. The molecule has 0 aliphatic heterocycles. The number of rotatable bonds is 7. The van der Waals surface area contributed by atoms with E-state index in [9.17, 15) is 0 Å². The van der Waals surface area contributed by atoms with Gasteiger partial charge in [-0.1, -0.05) is 11.6 Å². The molecule has 136 valence electrons. The summed E-state index contributed by atoms with van der Waals surface area (Å²) in [7, 11) is 3.22. The molecule has 0 aliphatic rings. The fraction of sp³-hybridized carbons (Fsp3) is 0.412. The number of hydrogen-bond acceptors (Lipinski definition) is 4. The number of thiocarbonyl (C=S) groups is 1. The van der Waals surface area contributed by atoms with Crippen LogP contribution in [0, 0.1) is 13.8 Å². The van der Waals surface area contributed by atoms with Gasteiger partial charge in [0.05, 0.1) is 30.6 Å². The van der Waals surface area contributed by atoms with Crippen LogP contribution in [0.1, 0.15) is 17.8 Å². The van der Waals surface area contributed by atoms with Gasteiger partial charge in [-0.2, -0.15) is 5.10 Å². The van der Waals surface area contributed by atoms with E-state index in [1.54, 1.807) is 20.3 Å². The highest BCUT2D eigenvalue weighted by atomic mass is 35.5. The molecule has 0 radical (unpaired) electrons. The molecule has 0 saturated carbocycles. The average Bonchev–Trinajstić information content (AvgIpc) is 2.85. The number of hydrogen-bond donors (Lipinski definition) is 2. The van der Waals surface area contributed by atoms with Crippen molar-refractivity contribution in [2.75, 3.05) is 26.1 Å². The maximum absolute atomic E-state index is 6.15. The molecule has 8 heteroatoms. The first-order valence-electron chi connectivity index (χ1n) is 7.92. The van der Waals surface area contributed by atoms with Crippen LogP contribution in [-0.4, -0.2) is 35.7 Å². The second kappa shape index (κ2) is 8.92. The van der Waals surface area contributed by atoms with Gasteiger partial charge in [-0.3, -0.25) is 4.68 Å². The van der Waals surface area contributed by atoms with Crippen molar-refractivity contribution >= 4 is 34.6 Å². The van der Waals surface area contributed by atoms with Crippen LogP contribution < -0.4 is 20.1 Å². The van der Waals surface area contributed by atoms with Crippen LogP contribution in [0.15, 0.2) is 18.2 Å². The van der Waals surface area contributed by atoms with Gasteiger partial charge in [0, 0.05) is 37.0 Å². The number of aryl methyl sites for hydroxylation is 2. The molecule has 0 fully saturated rings. The quantitative estimate of drug-likeness (QED) is 0.564. The van der Waals surface area contributed by atoms with Crippen LogP contribution in [0.5, 0.6) is 11.5 Å². The molecule has 0 unspecified atom stereocenters. The van der Waals surface area contributed by atoms with E-state index < -0.39 is 0 Å². The summed E-state index contributed by atoms with van der Waals surface area (Å²) in [6.07, 6.45) is 0.877. The van der Waals surface area contributed by atoms with Crippen LogP contribution in [0.2, 0.25) is 5.02 Å². The zero-order chi connectivity index (χ0) is 18.4. The van der Waals surface area contributed by atoms with Crippen LogP contribution in [-0.2, 0) is 6.54 Å². The minimum absolute atomic E-state index is 0.543. The maximum Gasteiger partial charge on any atom is 0.170 e. The Balaban J connectivity index is 1.82. The Kier molecular flexibility index (Phi) is 6.90. The Hall–Kier alpha value is -1.99. The van der Waals surface area contributed by atoms with Crippen molar-refractivity contribution < 1.29 is 9.47 Å². The van der Waals surface area contributed by atoms with Crippen molar-refractivity contribution in [2.24, 2.45) is 0 Å². The Labute approximate surface area is 158 Å². The lowest BCUT2D eigenvalue weighted by Crippen LogP contribution is -2.29. The Morgan fingerprint density at radius 1 is 1.20 bits per heavy atom. The molecule has 1 aromatic heterocycles. The average molecular weight is 383 g/mol. The monoisotopic (exact) mass is 382 g/mol. The molecule has 0 saturated heterocycles. The van der Waals surface area contributed by atoms with Crippen molar-refractivity contribution in [2.45, 2.75) is 26.8 Å². The van der Waals surface area contributed by atoms with Gasteiger partial charge in [0.15, 0.2) is 5.11 Å². The fourth-order valence-corrected chi connectivity index (χ4v) is 2.73. The van der Waals surface area contributed by atoms with Gasteiger partial charge in [0.2, 0.25) is 0 Å². The Morgan fingerprint density at radius 3 is 2.36 bits per heavy atom. The second-order valence-electron chi connectivity index (χ2n) is 5.54. The molecular formula is C17H23ClN4O2S. The van der Waals surface area contributed by atoms with Gasteiger partial charge in [-0.15, -0.1) is 0 Å². The van der Waals surface area contributed by atoms with Crippen LogP contribution in [0.25, 0.3) is 0 Å². The van der Waals surface area contributed by atoms with E-state index in [0.29, 0.717) is 16.6 Å². The lowest BCUT2D eigenvalue weighted by Gasteiger charge is -2.13. The molecule has 1 aromatic carbocycles. The predicted molar refractivity (Wildman–Crippen MR) is 105 cm³/mol. The summed E-state index contributed by atoms with van der Waals surface area (Å²) < 4.78 is 12.4. The SMILES string of the molecule is COc1cc(NC(=S)NCCCn2nc(C)c(Cl)c2C)cc(OC)c1. The largest absolute Gasteiger partial charge is 0.497 e. The summed E-state index contributed by atoms with van der Waals surface area (Å²) in [5, 5.41) is 12.0. The molecular weight excluding hydrogens is 360 g/mol. The van der Waals surface area contributed by atoms with Crippen LogP contribution in [0.3, 0.4) is 0 Å². The molecule has 0 bridgehead atoms. The van der Waals surface area contributed by atoms with E-state index in [1.807, 2.05) is 30.7 Å². The first-order valence-corrected chi connectivity index (χ1v) is 8.70. The molecule has 0 amide bonds. The minimum Gasteiger partial charge on any atom is -0.497 e. The smallest absolute Gasteiger partial charge is 0.170 e. The van der Waals surface area contributed by atoms with Gasteiger partial charge >= 0.3 is 0 Å². The highest BCUT2D eigenvalue weighted by Crippen LogP contribution is 2.25. The number of anilines is 1. The van der Waals surface area contributed by atoms with Crippen LogP contribution in [0.4, 0.5) is 5.69 Å². The van der Waals surface area contributed by atoms with E-state index in [0.717, 1.165) is 41.6 Å². The van der Waals surface area contributed by atoms with Crippen molar-refractivity contribution in [3.8, 4) is 11.5 Å². The van der Waals surface area contributed by atoms with Gasteiger partial charge in [-0.25, -0.2) is 0 Å². The number of aromatic nitrogens is 2. The minimum atomic E-state index is 0.543. The standard InChI is InChI=1S/C17H23ClN4O2S/c1-11-16(18)12(2)22(21-11)7-5-6-19-17(25)20-13-8-14(23-3)10-15(9-13)24-4/h8-10H,5-7H2,1-4H3,(H2,19,20,25). The number of nitrogens with zero attached hydrogens (tertiary/aromatic N) is 2. The van der Waals surface area contributed by atoms with Crippen LogP contribution >= 0.6 is 23.8 Å². The van der Waals surface area contributed by atoms with E-state index >= 15 is 0 Å². The van der Waals surface area contributed by atoms with E-state index in [4.69, 9.17) is 33.3 Å². The fourth-order valence-electron chi connectivity index (χ4n) is 2.38. The second-order valence-corrected chi connectivity index (χ2v) is 6.33. The summed E-state index contributed by atoms with van der Waals surface area (Å²) >= 11 is 11.5. The molecule has 2 rings (SSSR count). The predicted octanol–water partition coefficient (Wildman–Crippen LogP) is 3.55. The van der Waals surface area contributed by atoms with Gasteiger partial charge in [0.25, 0.3) is 0 Å². The number of nitrogens with one attached hydrogen (secondary N) is 2. The van der Waals surface area contributed by atoms with Crippen molar-refractivity contribution in [3.63, 3.8) is 0 Å². The summed E-state index contributed by atoms with van der Waals surface area (Å²) in [6, 6.07) is 5.52. The van der Waals surface area contributed by atoms with Gasteiger partial charge < -0.3 is 20.1 Å². The van der Waals surface area contributed by atoms with Crippen molar-refractivity contribution in [3.05, 3.63) is 34.6 Å². The normalized spacial score (nSPS) is 10.4. The van der Waals surface area contributed by atoms with Crippen molar-refractivity contribution in [1.29, 1.82) is 0 Å². The summed E-state index contributed by atoms with van der Waals surface area (Å²) in [5.41, 5.74) is 2.65. The number of halogens is 1. The van der Waals surface area contributed by atoms with Gasteiger partial charge in [-0.05, 0) is 32.5 Å².